The molecule has 7 heteroatoms. The molecule has 0 saturated heterocycles. The largest absolute Gasteiger partial charge is 0.375 e. The molecule has 2 aromatic rings. The molecule has 0 aliphatic carbocycles. The number of ether oxygens (including phenoxy) is 1. The highest BCUT2D eigenvalue weighted by Gasteiger charge is 2.10. The van der Waals surface area contributed by atoms with E-state index < -0.39 is 0 Å². The lowest BCUT2D eigenvalue weighted by Gasteiger charge is -2.05. The van der Waals surface area contributed by atoms with Crippen molar-refractivity contribution in [3.63, 3.8) is 0 Å². The first-order chi connectivity index (χ1) is 9.49. The molecule has 0 bridgehead atoms. The van der Waals surface area contributed by atoms with Gasteiger partial charge in [0.1, 0.15) is 6.61 Å². The van der Waals surface area contributed by atoms with E-state index in [-0.39, 0.29) is 18.4 Å². The molecule has 6 nitrogen and oxygen atoms in total. The predicted molar refractivity (Wildman–Crippen MR) is 79.2 cm³/mol. The SMILES string of the molecule is COCC(=O)Nc1cc(C)c2nc(NC(C)=O)sc2c1. The molecular formula is C13H15N3O3S. The number of rotatable bonds is 4. The van der Waals surface area contributed by atoms with E-state index in [1.54, 1.807) is 0 Å². The van der Waals surface area contributed by atoms with Crippen LogP contribution < -0.4 is 10.6 Å². The Labute approximate surface area is 120 Å². The van der Waals surface area contributed by atoms with Crippen LogP contribution in [0.1, 0.15) is 12.5 Å². The number of hydrogen-bond acceptors (Lipinski definition) is 5. The van der Waals surface area contributed by atoms with Crippen LogP contribution in [0.5, 0.6) is 0 Å². The summed E-state index contributed by atoms with van der Waals surface area (Å²) >= 11 is 1.37. The smallest absolute Gasteiger partial charge is 0.250 e. The van der Waals surface area contributed by atoms with Crippen molar-refractivity contribution in [2.75, 3.05) is 24.4 Å². The van der Waals surface area contributed by atoms with E-state index in [1.807, 2.05) is 19.1 Å². The van der Waals surface area contributed by atoms with Crippen molar-refractivity contribution >= 4 is 44.2 Å². The maximum absolute atomic E-state index is 11.5. The summed E-state index contributed by atoms with van der Waals surface area (Å²) in [6.07, 6.45) is 0. The molecule has 0 aliphatic rings. The summed E-state index contributed by atoms with van der Waals surface area (Å²) < 4.78 is 5.68. The lowest BCUT2D eigenvalue weighted by Crippen LogP contribution is -2.17. The quantitative estimate of drug-likeness (QED) is 0.905. The number of carbonyl (C=O) groups excluding carboxylic acids is 2. The van der Waals surface area contributed by atoms with Gasteiger partial charge in [0, 0.05) is 19.7 Å². The molecule has 0 aliphatic heterocycles. The Balaban J connectivity index is 2.31. The van der Waals surface area contributed by atoms with E-state index in [0.29, 0.717) is 10.8 Å². The van der Waals surface area contributed by atoms with Crippen LogP contribution in [0.2, 0.25) is 0 Å². The zero-order chi connectivity index (χ0) is 14.7. The molecule has 0 unspecified atom stereocenters. The summed E-state index contributed by atoms with van der Waals surface area (Å²) in [6, 6.07) is 3.67. The van der Waals surface area contributed by atoms with Gasteiger partial charge in [-0.15, -0.1) is 0 Å². The normalized spacial score (nSPS) is 10.6. The van der Waals surface area contributed by atoms with Gasteiger partial charge in [0.2, 0.25) is 11.8 Å². The van der Waals surface area contributed by atoms with Crippen LogP contribution in [0.3, 0.4) is 0 Å². The lowest BCUT2D eigenvalue weighted by atomic mass is 10.2. The highest BCUT2D eigenvalue weighted by Crippen LogP contribution is 2.31. The van der Waals surface area contributed by atoms with Crippen molar-refractivity contribution in [3.05, 3.63) is 17.7 Å². The minimum atomic E-state index is -0.210. The number of methoxy groups -OCH3 is 1. The number of thiazole rings is 1. The number of nitrogens with zero attached hydrogens (tertiary/aromatic N) is 1. The Kier molecular flexibility index (Phi) is 4.31. The molecule has 1 heterocycles. The molecule has 20 heavy (non-hydrogen) atoms. The average Bonchev–Trinajstić information content (AvgIpc) is 2.71. The molecule has 1 aromatic carbocycles. The van der Waals surface area contributed by atoms with Crippen LogP contribution in [0.25, 0.3) is 10.2 Å². The van der Waals surface area contributed by atoms with Gasteiger partial charge in [-0.05, 0) is 24.6 Å². The number of aryl methyl sites for hydroxylation is 1. The molecule has 2 N–H and O–H groups in total. The molecule has 0 radical (unpaired) electrons. The van der Waals surface area contributed by atoms with E-state index >= 15 is 0 Å². The van der Waals surface area contributed by atoms with Crippen LogP contribution in [0.4, 0.5) is 10.8 Å². The van der Waals surface area contributed by atoms with Crippen molar-refractivity contribution in [2.45, 2.75) is 13.8 Å². The highest BCUT2D eigenvalue weighted by atomic mass is 32.1. The second kappa shape index (κ2) is 5.98. The van der Waals surface area contributed by atoms with Crippen molar-refractivity contribution in [3.8, 4) is 0 Å². The van der Waals surface area contributed by atoms with E-state index in [1.165, 1.54) is 25.4 Å². The van der Waals surface area contributed by atoms with Crippen LogP contribution in [-0.2, 0) is 14.3 Å². The minimum Gasteiger partial charge on any atom is -0.375 e. The topological polar surface area (TPSA) is 80.3 Å². The second-order valence-electron chi connectivity index (χ2n) is 4.32. The van der Waals surface area contributed by atoms with Crippen molar-refractivity contribution in [1.29, 1.82) is 0 Å². The molecule has 2 rings (SSSR count). The molecule has 0 fully saturated rings. The molecule has 0 saturated carbocycles. The zero-order valence-electron chi connectivity index (χ0n) is 11.4. The van der Waals surface area contributed by atoms with Gasteiger partial charge in [-0.1, -0.05) is 11.3 Å². The Morgan fingerprint density at radius 1 is 1.35 bits per heavy atom. The van der Waals surface area contributed by atoms with Gasteiger partial charge in [0.15, 0.2) is 5.13 Å². The Morgan fingerprint density at radius 3 is 2.75 bits per heavy atom. The fourth-order valence-corrected chi connectivity index (χ4v) is 2.83. The van der Waals surface area contributed by atoms with Crippen LogP contribution >= 0.6 is 11.3 Å². The summed E-state index contributed by atoms with van der Waals surface area (Å²) in [4.78, 5) is 26.9. The number of carbonyl (C=O) groups is 2. The molecule has 0 spiro atoms. The number of anilines is 2. The third-order valence-corrected chi connectivity index (χ3v) is 3.45. The Hall–Kier alpha value is -1.99. The third-order valence-electron chi connectivity index (χ3n) is 2.53. The summed E-state index contributed by atoms with van der Waals surface area (Å²) in [5, 5.41) is 5.97. The van der Waals surface area contributed by atoms with Gasteiger partial charge in [0.25, 0.3) is 0 Å². The van der Waals surface area contributed by atoms with Crippen LogP contribution in [-0.4, -0.2) is 30.5 Å². The van der Waals surface area contributed by atoms with Gasteiger partial charge in [-0.3, -0.25) is 9.59 Å². The standard InChI is InChI=1S/C13H15N3O3S/c1-7-4-9(15-11(18)6-19-3)5-10-12(7)16-13(20-10)14-8(2)17/h4-5H,6H2,1-3H3,(H,15,18)(H,14,16,17). The minimum absolute atomic E-state index is 0.0108. The first kappa shape index (κ1) is 14.4. The average molecular weight is 293 g/mol. The fourth-order valence-electron chi connectivity index (χ4n) is 1.80. The molecule has 106 valence electrons. The molecule has 1 aromatic heterocycles. The second-order valence-corrected chi connectivity index (χ2v) is 5.35. The first-order valence-electron chi connectivity index (χ1n) is 5.97. The van der Waals surface area contributed by atoms with E-state index in [0.717, 1.165) is 15.8 Å². The Morgan fingerprint density at radius 2 is 2.10 bits per heavy atom. The first-order valence-corrected chi connectivity index (χ1v) is 6.79. The number of nitrogens with one attached hydrogen (secondary N) is 2. The van der Waals surface area contributed by atoms with Crippen molar-refractivity contribution in [1.82, 2.24) is 4.98 Å². The molecular weight excluding hydrogens is 278 g/mol. The van der Waals surface area contributed by atoms with Crippen LogP contribution in [0, 0.1) is 6.92 Å². The summed E-state index contributed by atoms with van der Waals surface area (Å²) in [5.41, 5.74) is 2.45. The highest BCUT2D eigenvalue weighted by molar-refractivity contribution is 7.22. The van der Waals surface area contributed by atoms with Crippen molar-refractivity contribution in [2.24, 2.45) is 0 Å². The third kappa shape index (κ3) is 3.31. The van der Waals surface area contributed by atoms with Gasteiger partial charge < -0.3 is 15.4 Å². The van der Waals surface area contributed by atoms with E-state index in [4.69, 9.17) is 4.74 Å². The number of benzene rings is 1. The number of amides is 2. The van der Waals surface area contributed by atoms with Gasteiger partial charge in [0.05, 0.1) is 10.2 Å². The maximum Gasteiger partial charge on any atom is 0.250 e. The monoisotopic (exact) mass is 293 g/mol. The van der Waals surface area contributed by atoms with E-state index in [9.17, 15) is 9.59 Å². The maximum atomic E-state index is 11.5. The van der Waals surface area contributed by atoms with Gasteiger partial charge >= 0.3 is 0 Å². The molecule has 0 atom stereocenters. The summed E-state index contributed by atoms with van der Waals surface area (Å²) in [5.74, 6) is -0.367. The number of fused-ring (bicyclic) bond motifs is 1. The predicted octanol–water partition coefficient (Wildman–Crippen LogP) is 2.15. The Bertz CT molecular complexity index is 666. The van der Waals surface area contributed by atoms with Crippen LogP contribution in [0.15, 0.2) is 12.1 Å². The van der Waals surface area contributed by atoms with Gasteiger partial charge in [-0.25, -0.2) is 4.98 Å². The number of aromatic nitrogens is 1. The number of hydrogen-bond donors (Lipinski definition) is 2. The molecule has 2 amide bonds. The fraction of sp³-hybridized carbons (Fsp3) is 0.308. The zero-order valence-corrected chi connectivity index (χ0v) is 12.3. The van der Waals surface area contributed by atoms with Crippen molar-refractivity contribution < 1.29 is 14.3 Å². The summed E-state index contributed by atoms with van der Waals surface area (Å²) in [7, 11) is 1.47. The lowest BCUT2D eigenvalue weighted by molar-refractivity contribution is -0.119. The van der Waals surface area contributed by atoms with E-state index in [2.05, 4.69) is 15.6 Å². The van der Waals surface area contributed by atoms with Gasteiger partial charge in [-0.2, -0.15) is 0 Å². The summed E-state index contributed by atoms with van der Waals surface area (Å²) in [6.45, 7) is 3.36.